The number of nitrogens with one attached hydrogen (secondary N) is 2. The van der Waals surface area contributed by atoms with E-state index in [4.69, 9.17) is 4.74 Å². The number of methoxy groups -OCH3 is 1. The Hall–Kier alpha value is -2.89. The van der Waals surface area contributed by atoms with Gasteiger partial charge in [-0.25, -0.2) is 9.97 Å². The molecular weight excluding hydrogens is 304 g/mol. The highest BCUT2D eigenvalue weighted by molar-refractivity contribution is 5.92. The molecule has 0 saturated heterocycles. The molecule has 6 nitrogen and oxygen atoms in total. The third kappa shape index (κ3) is 5.08. The van der Waals surface area contributed by atoms with Gasteiger partial charge in [-0.3, -0.25) is 4.79 Å². The number of carbonyl (C=O) groups excluding carboxylic acids is 1. The first-order valence-electron chi connectivity index (χ1n) is 7.74. The lowest BCUT2D eigenvalue weighted by Gasteiger charge is -2.08. The van der Waals surface area contributed by atoms with Crippen molar-refractivity contribution in [2.45, 2.75) is 13.3 Å². The van der Waals surface area contributed by atoms with Crippen molar-refractivity contribution < 1.29 is 9.53 Å². The van der Waals surface area contributed by atoms with Gasteiger partial charge in [-0.15, -0.1) is 6.58 Å². The summed E-state index contributed by atoms with van der Waals surface area (Å²) in [5.74, 6) is 1.75. The van der Waals surface area contributed by atoms with E-state index in [2.05, 4.69) is 27.2 Å². The molecule has 2 aromatic rings. The van der Waals surface area contributed by atoms with Gasteiger partial charge in [-0.2, -0.15) is 0 Å². The highest BCUT2D eigenvalue weighted by Crippen LogP contribution is 2.12. The summed E-state index contributed by atoms with van der Waals surface area (Å²) in [6.07, 6.45) is 2.44. The number of aryl methyl sites for hydroxylation is 1. The zero-order valence-electron chi connectivity index (χ0n) is 14.0. The Morgan fingerprint density at radius 2 is 2.17 bits per heavy atom. The molecule has 0 saturated carbocycles. The van der Waals surface area contributed by atoms with Gasteiger partial charge < -0.3 is 15.4 Å². The molecular formula is C18H22N4O2. The van der Waals surface area contributed by atoms with Gasteiger partial charge in [0.2, 0.25) is 0 Å². The molecule has 1 aromatic carbocycles. The summed E-state index contributed by atoms with van der Waals surface area (Å²) in [5.41, 5.74) is 1.45. The fraction of sp³-hybridized carbons (Fsp3) is 0.278. The van der Waals surface area contributed by atoms with Crippen molar-refractivity contribution in [3.63, 3.8) is 0 Å². The molecule has 0 aliphatic carbocycles. The Morgan fingerprint density at radius 3 is 2.92 bits per heavy atom. The number of hydrogen-bond donors (Lipinski definition) is 2. The van der Waals surface area contributed by atoms with Crippen molar-refractivity contribution in [2.75, 3.05) is 25.5 Å². The van der Waals surface area contributed by atoms with Gasteiger partial charge in [0.15, 0.2) is 0 Å². The van der Waals surface area contributed by atoms with Crippen LogP contribution in [0.25, 0.3) is 0 Å². The number of aromatic nitrogens is 2. The van der Waals surface area contributed by atoms with Crippen LogP contribution in [0.1, 0.15) is 21.9 Å². The van der Waals surface area contributed by atoms with Gasteiger partial charge in [-0.1, -0.05) is 18.2 Å². The quantitative estimate of drug-likeness (QED) is 0.728. The van der Waals surface area contributed by atoms with Crippen LogP contribution in [0, 0.1) is 6.92 Å². The van der Waals surface area contributed by atoms with Crippen LogP contribution in [0.4, 0.5) is 5.82 Å². The van der Waals surface area contributed by atoms with Gasteiger partial charge in [0.1, 0.15) is 23.1 Å². The molecule has 0 unspecified atom stereocenters. The standard InChI is InChI=1S/C18H22N4O2/c1-4-9-19-17-12-16(21-13(2)22-17)18(23)20-10-8-14-6-5-7-15(11-14)24-3/h4-7,11-12H,1,8-10H2,2-3H3,(H,20,23)(H,19,21,22). The second-order valence-corrected chi connectivity index (χ2v) is 5.21. The molecule has 0 bridgehead atoms. The van der Waals surface area contributed by atoms with E-state index < -0.39 is 0 Å². The van der Waals surface area contributed by atoms with Crippen LogP contribution in [0.5, 0.6) is 5.75 Å². The SMILES string of the molecule is C=CCNc1cc(C(=O)NCCc2cccc(OC)c2)nc(C)n1. The lowest BCUT2D eigenvalue weighted by Crippen LogP contribution is -2.27. The van der Waals surface area contributed by atoms with E-state index in [1.54, 1.807) is 26.2 Å². The maximum atomic E-state index is 12.3. The maximum absolute atomic E-state index is 12.3. The first kappa shape index (κ1) is 17.5. The third-order valence-electron chi connectivity index (χ3n) is 3.33. The Morgan fingerprint density at radius 1 is 1.33 bits per heavy atom. The number of anilines is 1. The second kappa shape index (κ2) is 8.67. The maximum Gasteiger partial charge on any atom is 0.270 e. The topological polar surface area (TPSA) is 76.1 Å². The van der Waals surface area contributed by atoms with Gasteiger partial charge in [0.25, 0.3) is 5.91 Å². The summed E-state index contributed by atoms with van der Waals surface area (Å²) in [5, 5.41) is 5.94. The lowest BCUT2D eigenvalue weighted by atomic mass is 10.1. The molecule has 0 radical (unpaired) electrons. The number of benzene rings is 1. The zero-order valence-corrected chi connectivity index (χ0v) is 14.0. The monoisotopic (exact) mass is 326 g/mol. The summed E-state index contributed by atoms with van der Waals surface area (Å²) in [4.78, 5) is 20.7. The van der Waals surface area contributed by atoms with Crippen LogP contribution >= 0.6 is 0 Å². The first-order chi connectivity index (χ1) is 11.6. The second-order valence-electron chi connectivity index (χ2n) is 5.21. The number of ether oxygens (including phenoxy) is 1. The molecule has 0 aliphatic heterocycles. The van der Waals surface area contributed by atoms with E-state index in [0.717, 1.165) is 11.3 Å². The molecule has 126 valence electrons. The van der Waals surface area contributed by atoms with E-state index in [-0.39, 0.29) is 5.91 Å². The molecule has 1 amide bonds. The van der Waals surface area contributed by atoms with E-state index in [1.807, 2.05) is 24.3 Å². The molecule has 0 atom stereocenters. The summed E-state index contributed by atoms with van der Waals surface area (Å²) in [7, 11) is 1.64. The minimum Gasteiger partial charge on any atom is -0.497 e. The van der Waals surface area contributed by atoms with Gasteiger partial charge in [0, 0.05) is 19.2 Å². The highest BCUT2D eigenvalue weighted by Gasteiger charge is 2.10. The smallest absolute Gasteiger partial charge is 0.270 e. The summed E-state index contributed by atoms with van der Waals surface area (Å²) in [6, 6.07) is 9.42. The molecule has 2 N–H and O–H groups in total. The third-order valence-corrected chi connectivity index (χ3v) is 3.33. The predicted octanol–water partition coefficient (Wildman–Crippen LogP) is 2.36. The minimum absolute atomic E-state index is 0.218. The van der Waals surface area contributed by atoms with Crippen molar-refractivity contribution in [3.8, 4) is 5.75 Å². The van der Waals surface area contributed by atoms with Crippen molar-refractivity contribution in [2.24, 2.45) is 0 Å². The summed E-state index contributed by atoms with van der Waals surface area (Å²) >= 11 is 0. The number of nitrogens with zero attached hydrogens (tertiary/aromatic N) is 2. The number of hydrogen-bond acceptors (Lipinski definition) is 5. The number of carbonyl (C=O) groups is 1. The Balaban J connectivity index is 1.94. The van der Waals surface area contributed by atoms with E-state index >= 15 is 0 Å². The van der Waals surface area contributed by atoms with Crippen molar-refractivity contribution in [1.29, 1.82) is 0 Å². The lowest BCUT2D eigenvalue weighted by molar-refractivity contribution is 0.0949. The normalized spacial score (nSPS) is 10.1. The molecule has 0 spiro atoms. The van der Waals surface area contributed by atoms with E-state index in [0.29, 0.717) is 36.8 Å². The summed E-state index contributed by atoms with van der Waals surface area (Å²) < 4.78 is 5.19. The van der Waals surface area contributed by atoms with Crippen LogP contribution in [0.3, 0.4) is 0 Å². The van der Waals surface area contributed by atoms with Crippen LogP contribution in [0.15, 0.2) is 43.0 Å². The van der Waals surface area contributed by atoms with Crippen molar-refractivity contribution in [3.05, 3.63) is 60.1 Å². The van der Waals surface area contributed by atoms with E-state index in [1.165, 1.54) is 0 Å². The molecule has 1 heterocycles. The van der Waals surface area contributed by atoms with Crippen LogP contribution in [-0.4, -0.2) is 36.1 Å². The number of amides is 1. The van der Waals surface area contributed by atoms with Gasteiger partial charge in [-0.05, 0) is 31.0 Å². The van der Waals surface area contributed by atoms with E-state index in [9.17, 15) is 4.79 Å². The average Bonchev–Trinajstić information content (AvgIpc) is 2.59. The Bertz CT molecular complexity index is 716. The first-order valence-corrected chi connectivity index (χ1v) is 7.74. The van der Waals surface area contributed by atoms with Crippen LogP contribution in [-0.2, 0) is 6.42 Å². The largest absolute Gasteiger partial charge is 0.497 e. The zero-order chi connectivity index (χ0) is 17.4. The minimum atomic E-state index is -0.218. The Labute approximate surface area is 142 Å². The van der Waals surface area contributed by atoms with Crippen LogP contribution in [0.2, 0.25) is 0 Å². The predicted molar refractivity (Wildman–Crippen MR) is 94.5 cm³/mol. The van der Waals surface area contributed by atoms with Gasteiger partial charge in [0.05, 0.1) is 7.11 Å². The molecule has 0 fully saturated rings. The molecule has 6 heteroatoms. The van der Waals surface area contributed by atoms with Gasteiger partial charge >= 0.3 is 0 Å². The fourth-order valence-electron chi connectivity index (χ4n) is 2.19. The summed E-state index contributed by atoms with van der Waals surface area (Å²) in [6.45, 7) is 6.49. The highest BCUT2D eigenvalue weighted by atomic mass is 16.5. The Kier molecular flexibility index (Phi) is 6.31. The molecule has 1 aromatic heterocycles. The molecule has 2 rings (SSSR count). The van der Waals surface area contributed by atoms with Crippen molar-refractivity contribution >= 4 is 11.7 Å². The van der Waals surface area contributed by atoms with Crippen LogP contribution < -0.4 is 15.4 Å². The fourth-order valence-corrected chi connectivity index (χ4v) is 2.19. The van der Waals surface area contributed by atoms with Crippen molar-refractivity contribution in [1.82, 2.24) is 15.3 Å². The molecule has 24 heavy (non-hydrogen) atoms. The number of rotatable bonds is 8. The molecule has 0 aliphatic rings. The average molecular weight is 326 g/mol.